The molecule has 0 aliphatic heterocycles. The Balaban J connectivity index is 2.26. The standard InChI is InChI=1S/C13H16N2O2S2/c1-2-10-5-6-11(14)8-13(10)19(16,17)15-9-12-4-3-7-18-12/h3-8,15H,2,9,14H2,1H3. The molecular weight excluding hydrogens is 280 g/mol. The third-order valence-electron chi connectivity index (χ3n) is 2.78. The second-order valence-corrected chi connectivity index (χ2v) is 6.89. The molecule has 0 aliphatic carbocycles. The molecule has 3 N–H and O–H groups in total. The van der Waals surface area contributed by atoms with E-state index in [9.17, 15) is 8.42 Å². The van der Waals surface area contributed by atoms with Gasteiger partial charge in [-0.25, -0.2) is 13.1 Å². The topological polar surface area (TPSA) is 72.2 Å². The number of nitrogens with two attached hydrogens (primary N) is 1. The smallest absolute Gasteiger partial charge is 0.241 e. The Labute approximate surface area is 117 Å². The molecule has 0 radical (unpaired) electrons. The number of hydrogen-bond donors (Lipinski definition) is 2. The lowest BCUT2D eigenvalue weighted by atomic mass is 10.1. The van der Waals surface area contributed by atoms with E-state index in [-0.39, 0.29) is 4.90 Å². The third kappa shape index (κ3) is 3.34. The van der Waals surface area contributed by atoms with Crippen LogP contribution in [0.1, 0.15) is 17.4 Å². The average molecular weight is 296 g/mol. The fourth-order valence-electron chi connectivity index (χ4n) is 1.77. The maximum absolute atomic E-state index is 12.3. The van der Waals surface area contributed by atoms with Crippen LogP contribution < -0.4 is 10.5 Å². The highest BCUT2D eigenvalue weighted by Gasteiger charge is 2.18. The number of hydrogen-bond acceptors (Lipinski definition) is 4. The number of anilines is 1. The quantitative estimate of drug-likeness (QED) is 0.832. The molecule has 2 rings (SSSR count). The van der Waals surface area contributed by atoms with Crippen LogP contribution in [0.4, 0.5) is 5.69 Å². The lowest BCUT2D eigenvalue weighted by Gasteiger charge is -2.10. The van der Waals surface area contributed by atoms with Crippen molar-refractivity contribution < 1.29 is 8.42 Å². The van der Waals surface area contributed by atoms with E-state index in [0.717, 1.165) is 10.4 Å². The van der Waals surface area contributed by atoms with Gasteiger partial charge in [0.15, 0.2) is 0 Å². The zero-order valence-electron chi connectivity index (χ0n) is 10.6. The van der Waals surface area contributed by atoms with E-state index in [2.05, 4.69) is 4.72 Å². The van der Waals surface area contributed by atoms with Crippen molar-refractivity contribution in [2.45, 2.75) is 24.8 Å². The molecule has 6 heteroatoms. The first-order valence-corrected chi connectivity index (χ1v) is 8.29. The highest BCUT2D eigenvalue weighted by molar-refractivity contribution is 7.89. The minimum absolute atomic E-state index is 0.270. The van der Waals surface area contributed by atoms with Crippen molar-refractivity contribution in [1.82, 2.24) is 4.72 Å². The summed E-state index contributed by atoms with van der Waals surface area (Å²) in [5, 5.41) is 1.92. The predicted molar refractivity (Wildman–Crippen MR) is 78.6 cm³/mol. The van der Waals surface area contributed by atoms with Gasteiger partial charge >= 0.3 is 0 Å². The molecule has 1 heterocycles. The van der Waals surface area contributed by atoms with Crippen LogP contribution in [-0.4, -0.2) is 8.42 Å². The molecule has 0 fully saturated rings. The van der Waals surface area contributed by atoms with Crippen LogP contribution in [0.5, 0.6) is 0 Å². The fourth-order valence-corrected chi connectivity index (χ4v) is 3.86. The summed E-state index contributed by atoms with van der Waals surface area (Å²) in [5.74, 6) is 0. The molecule has 0 bridgehead atoms. The first kappa shape index (κ1) is 14.0. The minimum atomic E-state index is -3.52. The molecule has 0 aliphatic rings. The largest absolute Gasteiger partial charge is 0.399 e. The van der Waals surface area contributed by atoms with Gasteiger partial charge in [-0.1, -0.05) is 19.1 Å². The van der Waals surface area contributed by atoms with E-state index < -0.39 is 10.0 Å². The summed E-state index contributed by atoms with van der Waals surface area (Å²) >= 11 is 1.52. The zero-order valence-corrected chi connectivity index (χ0v) is 12.2. The van der Waals surface area contributed by atoms with E-state index in [1.807, 2.05) is 24.4 Å². The maximum atomic E-state index is 12.3. The van der Waals surface area contributed by atoms with Gasteiger partial charge < -0.3 is 5.73 Å². The normalized spacial score (nSPS) is 11.6. The lowest BCUT2D eigenvalue weighted by molar-refractivity contribution is 0.580. The van der Waals surface area contributed by atoms with Crippen molar-refractivity contribution in [3.63, 3.8) is 0 Å². The molecule has 0 amide bonds. The molecule has 2 aromatic rings. The molecule has 0 spiro atoms. The SMILES string of the molecule is CCc1ccc(N)cc1S(=O)(=O)NCc1cccs1. The molecule has 1 aromatic carbocycles. The second kappa shape index (κ2) is 5.73. The molecule has 0 atom stereocenters. The van der Waals surface area contributed by atoms with Crippen LogP contribution in [0.3, 0.4) is 0 Å². The number of nitrogens with one attached hydrogen (secondary N) is 1. The maximum Gasteiger partial charge on any atom is 0.241 e. The Morgan fingerprint density at radius 2 is 2.11 bits per heavy atom. The fraction of sp³-hybridized carbons (Fsp3) is 0.231. The van der Waals surface area contributed by atoms with Gasteiger partial charge in [0.25, 0.3) is 0 Å². The van der Waals surface area contributed by atoms with E-state index in [1.165, 1.54) is 17.4 Å². The summed E-state index contributed by atoms with van der Waals surface area (Å²) in [6.45, 7) is 2.22. The monoisotopic (exact) mass is 296 g/mol. The first-order chi connectivity index (χ1) is 9.03. The summed E-state index contributed by atoms with van der Waals surface area (Å²) in [6.07, 6.45) is 0.648. The van der Waals surface area contributed by atoms with Crippen molar-refractivity contribution in [3.8, 4) is 0 Å². The molecule has 1 aromatic heterocycles. The van der Waals surface area contributed by atoms with E-state index in [4.69, 9.17) is 5.73 Å². The van der Waals surface area contributed by atoms with Gasteiger partial charge in [0, 0.05) is 17.1 Å². The summed E-state index contributed by atoms with van der Waals surface area (Å²) in [6, 6.07) is 8.78. The number of rotatable bonds is 5. The molecule has 4 nitrogen and oxygen atoms in total. The number of nitrogen functional groups attached to an aromatic ring is 1. The predicted octanol–water partition coefficient (Wildman–Crippen LogP) is 2.37. The Morgan fingerprint density at radius 3 is 2.74 bits per heavy atom. The zero-order chi connectivity index (χ0) is 13.9. The molecule has 19 heavy (non-hydrogen) atoms. The Morgan fingerprint density at radius 1 is 1.32 bits per heavy atom. The van der Waals surface area contributed by atoms with Gasteiger partial charge in [0.2, 0.25) is 10.0 Å². The van der Waals surface area contributed by atoms with Crippen LogP contribution in [-0.2, 0) is 23.0 Å². The van der Waals surface area contributed by atoms with Crippen LogP contribution >= 0.6 is 11.3 Å². The van der Waals surface area contributed by atoms with Crippen molar-refractivity contribution >= 4 is 27.0 Å². The van der Waals surface area contributed by atoms with Crippen molar-refractivity contribution in [2.75, 3.05) is 5.73 Å². The number of benzene rings is 1. The number of sulfonamides is 1. The minimum Gasteiger partial charge on any atom is -0.399 e. The van der Waals surface area contributed by atoms with Crippen molar-refractivity contribution in [2.24, 2.45) is 0 Å². The number of aryl methyl sites for hydroxylation is 1. The highest BCUT2D eigenvalue weighted by atomic mass is 32.2. The summed E-state index contributed by atoms with van der Waals surface area (Å²) in [7, 11) is -3.52. The highest BCUT2D eigenvalue weighted by Crippen LogP contribution is 2.20. The summed E-state index contributed by atoms with van der Waals surface area (Å²) in [4.78, 5) is 1.25. The Hall–Kier alpha value is -1.37. The van der Waals surface area contributed by atoms with Crippen LogP contribution in [0.15, 0.2) is 40.6 Å². The van der Waals surface area contributed by atoms with E-state index in [0.29, 0.717) is 18.7 Å². The van der Waals surface area contributed by atoms with Crippen LogP contribution in [0, 0.1) is 0 Å². The first-order valence-electron chi connectivity index (χ1n) is 5.93. The molecule has 0 saturated heterocycles. The molecule has 0 unspecified atom stereocenters. The molecule has 0 saturated carbocycles. The third-order valence-corrected chi connectivity index (χ3v) is 5.14. The van der Waals surface area contributed by atoms with Crippen molar-refractivity contribution in [3.05, 3.63) is 46.2 Å². The second-order valence-electron chi connectivity index (χ2n) is 4.12. The van der Waals surface area contributed by atoms with Gasteiger partial charge in [-0.2, -0.15) is 0 Å². The van der Waals surface area contributed by atoms with E-state index >= 15 is 0 Å². The summed E-state index contributed by atoms with van der Waals surface area (Å²) in [5.41, 5.74) is 6.90. The average Bonchev–Trinajstić information content (AvgIpc) is 2.89. The molecular formula is C13H16N2O2S2. The molecule has 102 valence electrons. The van der Waals surface area contributed by atoms with E-state index in [1.54, 1.807) is 12.1 Å². The van der Waals surface area contributed by atoms with Gasteiger partial charge in [0.05, 0.1) is 4.90 Å². The van der Waals surface area contributed by atoms with Crippen LogP contribution in [0.25, 0.3) is 0 Å². The summed E-state index contributed by atoms with van der Waals surface area (Å²) < 4.78 is 27.2. The Bertz CT molecular complexity index is 649. The van der Waals surface area contributed by atoms with Gasteiger partial charge in [-0.05, 0) is 35.6 Å². The van der Waals surface area contributed by atoms with Gasteiger partial charge in [0.1, 0.15) is 0 Å². The van der Waals surface area contributed by atoms with Crippen LogP contribution in [0.2, 0.25) is 0 Å². The lowest BCUT2D eigenvalue weighted by Crippen LogP contribution is -2.24. The van der Waals surface area contributed by atoms with Gasteiger partial charge in [-0.15, -0.1) is 11.3 Å². The van der Waals surface area contributed by atoms with Crippen molar-refractivity contribution in [1.29, 1.82) is 0 Å². The Kier molecular flexibility index (Phi) is 4.24. The number of thiophene rings is 1. The van der Waals surface area contributed by atoms with Gasteiger partial charge in [-0.3, -0.25) is 0 Å².